The number of hydrogen-bond acceptors (Lipinski definition) is 4. The Hall–Kier alpha value is -2.57. The first-order valence-electron chi connectivity index (χ1n) is 8.62. The third-order valence-electron chi connectivity index (χ3n) is 4.77. The minimum atomic E-state index is -0.943. The Morgan fingerprint density at radius 1 is 1.16 bits per heavy atom. The summed E-state index contributed by atoms with van der Waals surface area (Å²) in [4.78, 5) is 39.6. The summed E-state index contributed by atoms with van der Waals surface area (Å²) in [7, 11) is 0. The highest BCUT2D eigenvalue weighted by molar-refractivity contribution is 6.13. The first-order chi connectivity index (χ1) is 12.1. The Morgan fingerprint density at radius 2 is 1.80 bits per heavy atom. The number of amides is 3. The van der Waals surface area contributed by atoms with Crippen molar-refractivity contribution in [2.75, 3.05) is 38.1 Å². The second kappa shape index (κ2) is 7.13. The molecule has 0 aromatic heterocycles. The molecule has 2 fully saturated rings. The number of carbonyl (C=O) groups excluding carboxylic acids is 3. The van der Waals surface area contributed by atoms with Crippen LogP contribution in [0, 0.1) is 5.41 Å². The van der Waals surface area contributed by atoms with E-state index in [1.165, 1.54) is 0 Å². The van der Waals surface area contributed by atoms with E-state index < -0.39 is 5.41 Å². The molecule has 1 heterocycles. The molecule has 0 bridgehead atoms. The largest absolute Gasteiger partial charge is 0.494 e. The van der Waals surface area contributed by atoms with Crippen LogP contribution in [0.3, 0.4) is 0 Å². The average Bonchev–Trinajstić information content (AvgIpc) is 3.45. The van der Waals surface area contributed by atoms with Gasteiger partial charge in [-0.05, 0) is 44.0 Å². The molecular weight excluding hydrogens is 322 g/mol. The summed E-state index contributed by atoms with van der Waals surface area (Å²) in [6.07, 6.45) is 1.94. The normalized spacial score (nSPS) is 18.4. The van der Waals surface area contributed by atoms with Crippen molar-refractivity contribution in [1.29, 1.82) is 0 Å². The third kappa shape index (κ3) is 3.60. The lowest BCUT2D eigenvalue weighted by Gasteiger charge is -2.34. The van der Waals surface area contributed by atoms with Crippen LogP contribution in [0.1, 0.15) is 19.8 Å². The van der Waals surface area contributed by atoms with Gasteiger partial charge in [-0.3, -0.25) is 14.4 Å². The monoisotopic (exact) mass is 345 g/mol. The number of hydrogen-bond donors (Lipinski definition) is 1. The van der Waals surface area contributed by atoms with Gasteiger partial charge in [0.1, 0.15) is 11.2 Å². The second-order valence-corrected chi connectivity index (χ2v) is 6.43. The van der Waals surface area contributed by atoms with Crippen molar-refractivity contribution in [1.82, 2.24) is 9.80 Å². The van der Waals surface area contributed by atoms with Crippen molar-refractivity contribution in [3.05, 3.63) is 24.3 Å². The molecule has 3 amide bonds. The SMILES string of the molecule is CCOc1ccc(NC(=O)C2(C(=O)N3CCN(C=O)CC3)CC2)cc1. The number of nitrogens with one attached hydrogen (secondary N) is 1. The quantitative estimate of drug-likeness (QED) is 0.619. The van der Waals surface area contributed by atoms with Crippen LogP contribution < -0.4 is 10.1 Å². The van der Waals surface area contributed by atoms with E-state index in [2.05, 4.69) is 5.32 Å². The van der Waals surface area contributed by atoms with E-state index in [1.807, 2.05) is 6.92 Å². The molecule has 25 heavy (non-hydrogen) atoms. The summed E-state index contributed by atoms with van der Waals surface area (Å²) in [5, 5.41) is 2.85. The average molecular weight is 345 g/mol. The zero-order chi connectivity index (χ0) is 17.9. The lowest BCUT2D eigenvalue weighted by molar-refractivity contribution is -0.144. The van der Waals surface area contributed by atoms with E-state index in [-0.39, 0.29) is 11.8 Å². The number of anilines is 1. The topological polar surface area (TPSA) is 79.0 Å². The Balaban J connectivity index is 1.61. The highest BCUT2D eigenvalue weighted by atomic mass is 16.5. The van der Waals surface area contributed by atoms with E-state index >= 15 is 0 Å². The van der Waals surface area contributed by atoms with Crippen LogP contribution in [0.4, 0.5) is 5.69 Å². The van der Waals surface area contributed by atoms with Gasteiger partial charge in [-0.2, -0.15) is 0 Å². The van der Waals surface area contributed by atoms with Crippen molar-refractivity contribution in [2.24, 2.45) is 5.41 Å². The molecule has 0 atom stereocenters. The first kappa shape index (κ1) is 17.3. The Labute approximate surface area is 146 Å². The molecule has 1 N–H and O–H groups in total. The van der Waals surface area contributed by atoms with Crippen molar-refractivity contribution in [3.63, 3.8) is 0 Å². The summed E-state index contributed by atoms with van der Waals surface area (Å²) >= 11 is 0. The molecule has 1 saturated heterocycles. The molecule has 1 saturated carbocycles. The second-order valence-electron chi connectivity index (χ2n) is 6.43. The molecule has 0 unspecified atom stereocenters. The Kier molecular flexibility index (Phi) is 4.92. The molecule has 134 valence electrons. The van der Waals surface area contributed by atoms with Crippen LogP contribution in [0.25, 0.3) is 0 Å². The van der Waals surface area contributed by atoms with Crippen molar-refractivity contribution in [2.45, 2.75) is 19.8 Å². The van der Waals surface area contributed by atoms with Gasteiger partial charge in [-0.25, -0.2) is 0 Å². The minimum Gasteiger partial charge on any atom is -0.494 e. The Bertz CT molecular complexity index is 647. The van der Waals surface area contributed by atoms with Crippen LogP contribution in [-0.4, -0.2) is 60.8 Å². The fourth-order valence-electron chi connectivity index (χ4n) is 3.05. The van der Waals surface area contributed by atoms with Crippen LogP contribution in [0.2, 0.25) is 0 Å². The summed E-state index contributed by atoms with van der Waals surface area (Å²) in [5.74, 6) is 0.367. The fourth-order valence-corrected chi connectivity index (χ4v) is 3.05. The van der Waals surface area contributed by atoms with Crippen LogP contribution >= 0.6 is 0 Å². The van der Waals surface area contributed by atoms with Gasteiger partial charge in [-0.15, -0.1) is 0 Å². The van der Waals surface area contributed by atoms with E-state index in [1.54, 1.807) is 34.1 Å². The van der Waals surface area contributed by atoms with E-state index in [4.69, 9.17) is 4.74 Å². The first-order valence-corrected chi connectivity index (χ1v) is 8.62. The van der Waals surface area contributed by atoms with Gasteiger partial charge in [0.2, 0.25) is 18.2 Å². The van der Waals surface area contributed by atoms with Gasteiger partial charge in [0, 0.05) is 31.9 Å². The summed E-state index contributed by atoms with van der Waals surface area (Å²) in [6, 6.07) is 7.12. The summed E-state index contributed by atoms with van der Waals surface area (Å²) < 4.78 is 5.38. The van der Waals surface area contributed by atoms with Gasteiger partial charge in [-0.1, -0.05) is 0 Å². The van der Waals surface area contributed by atoms with Gasteiger partial charge in [0.15, 0.2) is 0 Å². The van der Waals surface area contributed by atoms with Crippen molar-refractivity contribution < 1.29 is 19.1 Å². The van der Waals surface area contributed by atoms with Gasteiger partial charge in [0.25, 0.3) is 0 Å². The molecule has 0 radical (unpaired) electrons. The predicted octanol–water partition coefficient (Wildman–Crippen LogP) is 1.10. The van der Waals surface area contributed by atoms with Crippen molar-refractivity contribution in [3.8, 4) is 5.75 Å². The molecule has 1 aliphatic heterocycles. The molecule has 1 aromatic carbocycles. The van der Waals surface area contributed by atoms with Gasteiger partial charge >= 0.3 is 0 Å². The molecule has 7 heteroatoms. The smallest absolute Gasteiger partial charge is 0.240 e. The number of benzene rings is 1. The molecule has 1 aromatic rings. The Morgan fingerprint density at radius 3 is 2.32 bits per heavy atom. The van der Waals surface area contributed by atoms with E-state index in [9.17, 15) is 14.4 Å². The van der Waals surface area contributed by atoms with Crippen LogP contribution in [0.15, 0.2) is 24.3 Å². The number of piperazine rings is 1. The third-order valence-corrected chi connectivity index (χ3v) is 4.77. The molecule has 2 aliphatic rings. The maximum Gasteiger partial charge on any atom is 0.240 e. The molecule has 3 rings (SSSR count). The van der Waals surface area contributed by atoms with Gasteiger partial charge < -0.3 is 19.9 Å². The standard InChI is InChI=1S/C18H23N3O4/c1-2-25-15-5-3-14(4-6-15)19-16(23)18(7-8-18)17(24)21-11-9-20(13-22)10-12-21/h3-6,13H,2,7-12H2,1H3,(H,19,23). The predicted molar refractivity (Wildman–Crippen MR) is 92.1 cm³/mol. The molecule has 0 spiro atoms. The van der Waals surface area contributed by atoms with Crippen molar-refractivity contribution >= 4 is 23.9 Å². The zero-order valence-electron chi connectivity index (χ0n) is 14.4. The van der Waals surface area contributed by atoms with Crippen LogP contribution in [-0.2, 0) is 14.4 Å². The molecule has 1 aliphatic carbocycles. The van der Waals surface area contributed by atoms with E-state index in [0.29, 0.717) is 51.3 Å². The summed E-state index contributed by atoms with van der Waals surface area (Å²) in [5.41, 5.74) is -0.291. The van der Waals surface area contributed by atoms with E-state index in [0.717, 1.165) is 12.2 Å². The lowest BCUT2D eigenvalue weighted by Crippen LogP contribution is -2.52. The number of nitrogens with zero attached hydrogens (tertiary/aromatic N) is 2. The number of ether oxygens (including phenoxy) is 1. The maximum atomic E-state index is 12.8. The number of carbonyl (C=O) groups is 3. The molecular formula is C18H23N3O4. The van der Waals surface area contributed by atoms with Gasteiger partial charge in [0.05, 0.1) is 6.61 Å². The number of rotatable bonds is 6. The highest BCUT2D eigenvalue weighted by Crippen LogP contribution is 2.48. The summed E-state index contributed by atoms with van der Waals surface area (Å²) in [6.45, 7) is 4.50. The fraction of sp³-hybridized carbons (Fsp3) is 0.500. The minimum absolute atomic E-state index is 0.124. The van der Waals surface area contributed by atoms with Crippen LogP contribution in [0.5, 0.6) is 5.75 Å². The molecule has 7 nitrogen and oxygen atoms in total. The lowest BCUT2D eigenvalue weighted by atomic mass is 10.0. The maximum absolute atomic E-state index is 12.8. The zero-order valence-corrected chi connectivity index (χ0v) is 14.4. The highest BCUT2D eigenvalue weighted by Gasteiger charge is 2.58.